The second kappa shape index (κ2) is 9.93. The molecule has 1 aliphatic heterocycles. The van der Waals surface area contributed by atoms with Crippen LogP contribution in [-0.4, -0.2) is 30.8 Å². The molecule has 184 valence electrons. The lowest BCUT2D eigenvalue weighted by atomic mass is 9.90. The third kappa shape index (κ3) is 4.48. The van der Waals surface area contributed by atoms with E-state index in [-0.39, 0.29) is 17.6 Å². The summed E-state index contributed by atoms with van der Waals surface area (Å²) in [5.74, 6) is 0.595. The highest BCUT2D eigenvalue weighted by atomic mass is 16.5. The first-order valence-corrected chi connectivity index (χ1v) is 12.4. The number of ether oxygens (including phenoxy) is 1. The minimum Gasteiger partial charge on any atom is -0.507 e. The molecule has 5 aromatic rings. The Morgan fingerprint density at radius 3 is 2.35 bits per heavy atom. The Morgan fingerprint density at radius 1 is 0.838 bits per heavy atom. The van der Waals surface area contributed by atoms with Crippen molar-refractivity contribution in [2.24, 2.45) is 0 Å². The van der Waals surface area contributed by atoms with Gasteiger partial charge in [0, 0.05) is 29.9 Å². The number of hydrogen-bond acceptors (Lipinski definition) is 6. The van der Waals surface area contributed by atoms with E-state index >= 15 is 0 Å². The number of carbonyl (C=O) groups is 1. The van der Waals surface area contributed by atoms with E-state index in [1.165, 1.54) is 0 Å². The van der Waals surface area contributed by atoms with Gasteiger partial charge in [-0.2, -0.15) is 0 Å². The van der Waals surface area contributed by atoms with Crippen molar-refractivity contribution in [1.29, 1.82) is 0 Å². The molecule has 0 bridgehead atoms. The molecule has 6 rings (SSSR count). The molecule has 0 unspecified atom stereocenters. The maximum absolute atomic E-state index is 11.9. The van der Waals surface area contributed by atoms with Crippen LogP contribution in [0, 0.1) is 0 Å². The van der Waals surface area contributed by atoms with Crippen molar-refractivity contribution >= 4 is 33.5 Å². The topological polar surface area (TPSA) is 82.6 Å². The molecule has 37 heavy (non-hydrogen) atoms. The summed E-state index contributed by atoms with van der Waals surface area (Å²) < 4.78 is 6.43. The third-order valence-corrected chi connectivity index (χ3v) is 6.77. The molecule has 1 saturated heterocycles. The Hall–Kier alpha value is -4.39. The molecular weight excluding hydrogens is 462 g/mol. The highest BCUT2D eigenvalue weighted by Crippen LogP contribution is 2.46. The molecule has 0 aromatic heterocycles. The van der Waals surface area contributed by atoms with Crippen LogP contribution >= 0.6 is 0 Å². The quantitative estimate of drug-likeness (QED) is 0.221. The van der Waals surface area contributed by atoms with Gasteiger partial charge in [0.15, 0.2) is 6.29 Å². The molecule has 0 radical (unpaired) electrons. The molecule has 0 atom stereocenters. The molecule has 4 N–H and O–H groups in total. The van der Waals surface area contributed by atoms with Crippen molar-refractivity contribution < 1.29 is 14.6 Å². The second-order valence-corrected chi connectivity index (χ2v) is 9.16. The van der Waals surface area contributed by atoms with Crippen molar-refractivity contribution in [3.63, 3.8) is 0 Å². The smallest absolute Gasteiger partial charge is 0.153 e. The van der Waals surface area contributed by atoms with Crippen molar-refractivity contribution in [2.75, 3.05) is 18.4 Å². The zero-order valence-corrected chi connectivity index (χ0v) is 20.2. The number of phenolic OH excluding ortho intramolecular Hbond substituents is 1. The number of carbonyl (C=O) groups excluding carboxylic acids is 1. The van der Waals surface area contributed by atoms with Crippen LogP contribution in [0.4, 0.5) is 5.69 Å². The van der Waals surface area contributed by atoms with Crippen LogP contribution in [-0.2, 0) is 6.61 Å². The van der Waals surface area contributed by atoms with Gasteiger partial charge in [-0.1, -0.05) is 66.7 Å². The maximum Gasteiger partial charge on any atom is 0.153 e. The first-order valence-electron chi connectivity index (χ1n) is 12.4. The fourth-order valence-electron chi connectivity index (χ4n) is 5.02. The van der Waals surface area contributed by atoms with Gasteiger partial charge in [-0.25, -0.2) is 0 Å². The summed E-state index contributed by atoms with van der Waals surface area (Å²) in [4.78, 5) is 11.9. The van der Waals surface area contributed by atoms with Crippen molar-refractivity contribution in [1.82, 2.24) is 10.6 Å². The summed E-state index contributed by atoms with van der Waals surface area (Å²) in [7, 11) is 0. The number of hydrogen-bond donors (Lipinski definition) is 4. The van der Waals surface area contributed by atoms with E-state index in [1.54, 1.807) is 6.07 Å². The zero-order valence-electron chi connectivity index (χ0n) is 20.2. The molecule has 0 amide bonds. The summed E-state index contributed by atoms with van der Waals surface area (Å²) in [6.07, 6.45) is 0.744. The van der Waals surface area contributed by atoms with Crippen LogP contribution in [0.5, 0.6) is 11.5 Å². The van der Waals surface area contributed by atoms with E-state index in [2.05, 4.69) is 22.0 Å². The van der Waals surface area contributed by atoms with E-state index in [0.29, 0.717) is 24.2 Å². The number of anilines is 1. The van der Waals surface area contributed by atoms with Crippen molar-refractivity contribution in [3.05, 3.63) is 102 Å². The van der Waals surface area contributed by atoms with E-state index in [4.69, 9.17) is 4.74 Å². The van der Waals surface area contributed by atoms with Gasteiger partial charge in [0.25, 0.3) is 0 Å². The first-order chi connectivity index (χ1) is 18.2. The van der Waals surface area contributed by atoms with Crippen molar-refractivity contribution in [2.45, 2.75) is 12.9 Å². The molecule has 1 heterocycles. The Balaban J connectivity index is 1.44. The summed E-state index contributed by atoms with van der Waals surface area (Å²) in [6, 6.07) is 29.6. The number of rotatable bonds is 7. The average Bonchev–Trinajstić information content (AvgIpc) is 3.45. The second-order valence-electron chi connectivity index (χ2n) is 9.16. The standard InChI is InChI=1S/C31H27N3O3/c35-18-23-17-22-8-2-4-11-26(22)29(30(23)36)28-25-10-3-1-7-21(25)12-13-27(28)37-19-20-6-5-9-24(16-20)34-31-32-14-15-33-31/h1-13,16-18,31-34,36H,14-15,19H2. The maximum atomic E-state index is 11.9. The number of aldehydes is 1. The fraction of sp³-hybridized carbons (Fsp3) is 0.129. The molecule has 0 aliphatic carbocycles. The molecule has 6 heteroatoms. The molecule has 1 aliphatic rings. The van der Waals surface area contributed by atoms with Gasteiger partial charge in [0.05, 0.1) is 5.56 Å². The summed E-state index contributed by atoms with van der Waals surface area (Å²) in [5, 5.41) is 25.1. The molecule has 0 spiro atoms. The third-order valence-electron chi connectivity index (χ3n) is 6.77. The predicted molar refractivity (Wildman–Crippen MR) is 148 cm³/mol. The van der Waals surface area contributed by atoms with Crippen LogP contribution in [0.15, 0.2) is 91.0 Å². The van der Waals surface area contributed by atoms with E-state index in [9.17, 15) is 9.90 Å². The van der Waals surface area contributed by atoms with E-state index < -0.39 is 0 Å². The van der Waals surface area contributed by atoms with Gasteiger partial charge in [-0.3, -0.25) is 15.4 Å². The number of phenols is 1. The fourth-order valence-corrected chi connectivity index (χ4v) is 5.02. The number of nitrogens with one attached hydrogen (secondary N) is 3. The van der Waals surface area contributed by atoms with Crippen LogP contribution in [0.2, 0.25) is 0 Å². The van der Waals surface area contributed by atoms with Crippen LogP contribution in [0.1, 0.15) is 15.9 Å². The van der Waals surface area contributed by atoms with E-state index in [1.807, 2.05) is 78.9 Å². The van der Waals surface area contributed by atoms with Crippen LogP contribution < -0.4 is 20.7 Å². The monoisotopic (exact) mass is 489 g/mol. The lowest BCUT2D eigenvalue weighted by Crippen LogP contribution is -2.38. The molecule has 5 aromatic carbocycles. The van der Waals surface area contributed by atoms with Gasteiger partial charge in [0.2, 0.25) is 0 Å². The van der Waals surface area contributed by atoms with Crippen LogP contribution in [0.25, 0.3) is 32.7 Å². The SMILES string of the molecule is O=Cc1cc2ccccc2c(-c2c(OCc3cccc(NC4NCCN4)c3)ccc3ccccc23)c1O. The number of fused-ring (bicyclic) bond motifs is 2. The van der Waals surface area contributed by atoms with Crippen molar-refractivity contribution in [3.8, 4) is 22.6 Å². The summed E-state index contributed by atoms with van der Waals surface area (Å²) in [5.41, 5.74) is 3.62. The largest absolute Gasteiger partial charge is 0.507 e. The summed E-state index contributed by atoms with van der Waals surface area (Å²) >= 11 is 0. The van der Waals surface area contributed by atoms with E-state index in [0.717, 1.165) is 51.4 Å². The van der Waals surface area contributed by atoms with Gasteiger partial charge in [-0.05, 0) is 51.4 Å². The zero-order chi connectivity index (χ0) is 25.2. The minimum atomic E-state index is -0.0438. The Bertz CT molecular complexity index is 1610. The predicted octanol–water partition coefficient (Wildman–Crippen LogP) is 5.65. The normalized spacial score (nSPS) is 13.7. The first kappa shape index (κ1) is 23.0. The highest BCUT2D eigenvalue weighted by molar-refractivity contribution is 6.12. The average molecular weight is 490 g/mol. The Labute approximate surface area is 214 Å². The lowest BCUT2D eigenvalue weighted by molar-refractivity contribution is 0.112. The molecule has 6 nitrogen and oxygen atoms in total. The molecule has 0 saturated carbocycles. The lowest BCUT2D eigenvalue weighted by Gasteiger charge is -2.19. The summed E-state index contributed by atoms with van der Waals surface area (Å²) in [6.45, 7) is 2.20. The minimum absolute atomic E-state index is 0.0438. The van der Waals surface area contributed by atoms with Gasteiger partial charge in [0.1, 0.15) is 24.4 Å². The van der Waals surface area contributed by atoms with Gasteiger partial charge >= 0.3 is 0 Å². The van der Waals surface area contributed by atoms with Crippen LogP contribution in [0.3, 0.4) is 0 Å². The highest BCUT2D eigenvalue weighted by Gasteiger charge is 2.20. The number of aromatic hydroxyl groups is 1. The van der Waals surface area contributed by atoms with Gasteiger partial charge in [-0.15, -0.1) is 0 Å². The molecular formula is C31H27N3O3. The molecule has 1 fully saturated rings. The Morgan fingerprint density at radius 2 is 1.57 bits per heavy atom. The Kier molecular flexibility index (Phi) is 6.18. The van der Waals surface area contributed by atoms with Gasteiger partial charge < -0.3 is 15.2 Å². The number of benzene rings is 5.